The fourth-order valence-corrected chi connectivity index (χ4v) is 3.18. The van der Waals surface area contributed by atoms with E-state index in [2.05, 4.69) is 36.5 Å². The fourth-order valence-electron chi connectivity index (χ4n) is 2.79. The minimum absolute atomic E-state index is 0.0849. The molecule has 0 aromatic carbocycles. The Bertz CT molecular complexity index is 1140. The van der Waals surface area contributed by atoms with Crippen molar-refractivity contribution in [2.45, 2.75) is 19.9 Å². The van der Waals surface area contributed by atoms with Crippen LogP contribution in [0.4, 0.5) is 5.69 Å². The quantitative estimate of drug-likeness (QED) is 0.459. The number of nitriles is 1. The molecule has 1 amide bonds. The van der Waals surface area contributed by atoms with Gasteiger partial charge in [-0.25, -0.2) is 18.9 Å². The molecule has 3 N–H and O–H groups in total. The van der Waals surface area contributed by atoms with Gasteiger partial charge in [-0.3, -0.25) is 4.79 Å². The van der Waals surface area contributed by atoms with E-state index in [0.29, 0.717) is 41.4 Å². The maximum Gasteiger partial charge on any atom is 0.255 e. The highest BCUT2D eigenvalue weighted by atomic mass is 32.2. The predicted molar refractivity (Wildman–Crippen MR) is 115 cm³/mol. The van der Waals surface area contributed by atoms with Crippen LogP contribution >= 0.6 is 0 Å². The molecule has 0 fully saturated rings. The number of pyridine rings is 2. The first kappa shape index (κ1) is 21.4. The van der Waals surface area contributed by atoms with Crippen molar-refractivity contribution < 1.29 is 9.00 Å². The summed E-state index contributed by atoms with van der Waals surface area (Å²) in [5, 5.41) is 20.1. The molecule has 0 aliphatic heterocycles. The van der Waals surface area contributed by atoms with Crippen LogP contribution in [0.1, 0.15) is 29.8 Å². The van der Waals surface area contributed by atoms with Crippen LogP contribution in [0.15, 0.2) is 30.7 Å². The molecule has 156 valence electrons. The lowest BCUT2D eigenvalue weighted by Crippen LogP contribution is -2.33. The SMILES string of the molecule is CC(C)Nc1cc(-n2ncc3cc(C#N)cnc32)ncc1C(=O)NCCNS(C)=O. The second-order valence-electron chi connectivity index (χ2n) is 6.80. The molecule has 3 rings (SSSR count). The number of amides is 1. The van der Waals surface area contributed by atoms with Gasteiger partial charge in [0.1, 0.15) is 6.07 Å². The minimum atomic E-state index is -1.13. The van der Waals surface area contributed by atoms with Gasteiger partial charge in [0.2, 0.25) is 0 Å². The maximum atomic E-state index is 12.6. The number of carbonyl (C=O) groups excluding carboxylic acids is 1. The predicted octanol–water partition coefficient (Wildman–Crippen LogP) is 1.12. The number of carbonyl (C=O) groups is 1. The molecule has 11 heteroatoms. The summed E-state index contributed by atoms with van der Waals surface area (Å²) in [6.07, 6.45) is 6.11. The van der Waals surface area contributed by atoms with E-state index in [0.717, 1.165) is 5.39 Å². The van der Waals surface area contributed by atoms with Crippen LogP contribution in [0.5, 0.6) is 0 Å². The van der Waals surface area contributed by atoms with Gasteiger partial charge in [-0.05, 0) is 19.9 Å². The molecule has 0 bridgehead atoms. The van der Waals surface area contributed by atoms with Crippen LogP contribution in [-0.2, 0) is 11.0 Å². The molecule has 0 spiro atoms. The summed E-state index contributed by atoms with van der Waals surface area (Å²) in [6, 6.07) is 5.58. The number of hydrogen-bond donors (Lipinski definition) is 3. The van der Waals surface area contributed by atoms with E-state index in [9.17, 15) is 9.00 Å². The molecule has 0 radical (unpaired) electrons. The average Bonchev–Trinajstić information content (AvgIpc) is 3.13. The molecular weight excluding hydrogens is 404 g/mol. The Balaban J connectivity index is 1.90. The van der Waals surface area contributed by atoms with Gasteiger partial charge in [0.15, 0.2) is 11.5 Å². The van der Waals surface area contributed by atoms with Crippen molar-refractivity contribution >= 4 is 33.6 Å². The molecule has 3 aromatic heterocycles. The zero-order valence-electron chi connectivity index (χ0n) is 16.8. The van der Waals surface area contributed by atoms with Gasteiger partial charge in [0, 0.05) is 49.2 Å². The second kappa shape index (κ2) is 9.43. The molecule has 0 saturated heterocycles. The Labute approximate surface area is 176 Å². The number of nitrogens with one attached hydrogen (secondary N) is 3. The molecule has 3 heterocycles. The maximum absolute atomic E-state index is 12.6. The van der Waals surface area contributed by atoms with E-state index >= 15 is 0 Å². The summed E-state index contributed by atoms with van der Waals surface area (Å²) < 4.78 is 15.4. The van der Waals surface area contributed by atoms with Crippen molar-refractivity contribution in [2.24, 2.45) is 0 Å². The van der Waals surface area contributed by atoms with Crippen LogP contribution in [0.25, 0.3) is 16.9 Å². The van der Waals surface area contributed by atoms with Crippen LogP contribution < -0.4 is 15.4 Å². The monoisotopic (exact) mass is 426 g/mol. The lowest BCUT2D eigenvalue weighted by atomic mass is 10.2. The number of nitrogens with zero attached hydrogens (tertiary/aromatic N) is 5. The zero-order chi connectivity index (χ0) is 21.7. The molecule has 30 heavy (non-hydrogen) atoms. The molecular formula is C19H22N8O2S. The second-order valence-corrected chi connectivity index (χ2v) is 7.99. The van der Waals surface area contributed by atoms with Gasteiger partial charge in [0.25, 0.3) is 5.91 Å². The Kier molecular flexibility index (Phi) is 6.71. The molecule has 1 unspecified atom stereocenters. The summed E-state index contributed by atoms with van der Waals surface area (Å²) in [5.41, 5.74) is 2.01. The third-order valence-electron chi connectivity index (χ3n) is 4.05. The van der Waals surface area contributed by atoms with Gasteiger partial charge in [-0.1, -0.05) is 0 Å². The first-order chi connectivity index (χ1) is 14.4. The van der Waals surface area contributed by atoms with Crippen molar-refractivity contribution in [3.8, 4) is 11.9 Å². The van der Waals surface area contributed by atoms with E-state index in [1.165, 1.54) is 18.6 Å². The first-order valence-corrected chi connectivity index (χ1v) is 10.8. The van der Waals surface area contributed by atoms with E-state index in [-0.39, 0.29) is 11.9 Å². The van der Waals surface area contributed by atoms with Crippen molar-refractivity contribution in [3.63, 3.8) is 0 Å². The standard InChI is InChI=1S/C19H22N8O2S/c1-12(2)26-16-7-17(22-11-15(16)19(28)21-4-5-25-30(3)29)27-18-14(10-24-27)6-13(8-20)9-23-18/h6-7,9-12,25H,4-5H2,1-3H3,(H,21,28)(H,22,26). The third kappa shape index (κ3) is 4.97. The summed E-state index contributed by atoms with van der Waals surface area (Å²) in [4.78, 5) is 21.3. The highest BCUT2D eigenvalue weighted by Gasteiger charge is 2.16. The Morgan fingerprint density at radius 3 is 2.73 bits per heavy atom. The van der Waals surface area contributed by atoms with Crippen molar-refractivity contribution in [1.29, 1.82) is 5.26 Å². The fraction of sp³-hybridized carbons (Fsp3) is 0.316. The van der Waals surface area contributed by atoms with E-state index < -0.39 is 11.0 Å². The van der Waals surface area contributed by atoms with Gasteiger partial charge >= 0.3 is 0 Å². The van der Waals surface area contributed by atoms with Crippen molar-refractivity contribution in [2.75, 3.05) is 24.7 Å². The highest BCUT2D eigenvalue weighted by molar-refractivity contribution is 7.82. The Morgan fingerprint density at radius 1 is 1.23 bits per heavy atom. The number of aromatic nitrogens is 4. The van der Waals surface area contributed by atoms with Crippen LogP contribution in [0.2, 0.25) is 0 Å². The summed E-state index contributed by atoms with van der Waals surface area (Å²) in [7, 11) is -1.13. The van der Waals surface area contributed by atoms with Crippen molar-refractivity contribution in [3.05, 3.63) is 41.9 Å². The minimum Gasteiger partial charge on any atom is -0.382 e. The zero-order valence-corrected chi connectivity index (χ0v) is 17.7. The normalized spacial score (nSPS) is 12.0. The van der Waals surface area contributed by atoms with Gasteiger partial charge in [0.05, 0.1) is 34.0 Å². The molecule has 0 saturated carbocycles. The first-order valence-electron chi connectivity index (χ1n) is 9.25. The lowest BCUT2D eigenvalue weighted by Gasteiger charge is -2.16. The highest BCUT2D eigenvalue weighted by Crippen LogP contribution is 2.22. The Morgan fingerprint density at radius 2 is 2.03 bits per heavy atom. The summed E-state index contributed by atoms with van der Waals surface area (Å²) in [6.45, 7) is 4.66. The van der Waals surface area contributed by atoms with Crippen molar-refractivity contribution in [1.82, 2.24) is 29.8 Å². The largest absolute Gasteiger partial charge is 0.382 e. The van der Waals surface area contributed by atoms with E-state index in [4.69, 9.17) is 5.26 Å². The third-order valence-corrected chi connectivity index (χ3v) is 4.66. The number of hydrogen-bond acceptors (Lipinski definition) is 7. The lowest BCUT2D eigenvalue weighted by molar-refractivity contribution is 0.0955. The van der Waals surface area contributed by atoms with Crippen LogP contribution in [0.3, 0.4) is 0 Å². The number of rotatable bonds is 8. The number of anilines is 1. The topological polar surface area (TPSA) is 138 Å². The molecule has 0 aliphatic rings. The molecule has 1 atom stereocenters. The number of fused-ring (bicyclic) bond motifs is 1. The van der Waals surface area contributed by atoms with Gasteiger partial charge in [-0.15, -0.1) is 0 Å². The molecule has 3 aromatic rings. The smallest absolute Gasteiger partial charge is 0.255 e. The van der Waals surface area contributed by atoms with E-state index in [1.807, 2.05) is 13.8 Å². The Hall–Kier alpha value is -3.36. The van der Waals surface area contributed by atoms with Gasteiger partial charge < -0.3 is 10.6 Å². The van der Waals surface area contributed by atoms with E-state index in [1.54, 1.807) is 23.0 Å². The van der Waals surface area contributed by atoms with Crippen LogP contribution in [-0.4, -0.2) is 55.3 Å². The van der Waals surface area contributed by atoms with Crippen LogP contribution in [0, 0.1) is 11.3 Å². The average molecular weight is 427 g/mol. The summed E-state index contributed by atoms with van der Waals surface area (Å²) in [5.74, 6) is 0.202. The molecule has 0 aliphatic carbocycles. The summed E-state index contributed by atoms with van der Waals surface area (Å²) >= 11 is 0. The molecule has 10 nitrogen and oxygen atoms in total. The van der Waals surface area contributed by atoms with Gasteiger partial charge in [-0.2, -0.15) is 15.0 Å².